The lowest BCUT2D eigenvalue weighted by Gasteiger charge is -2.08. The van der Waals surface area contributed by atoms with E-state index in [9.17, 15) is 14.4 Å². The molecule has 3 aromatic rings. The average molecular weight is 420 g/mol. The molecule has 0 radical (unpaired) electrons. The summed E-state index contributed by atoms with van der Waals surface area (Å²) in [6.45, 7) is 5.26. The predicted molar refractivity (Wildman–Crippen MR) is 115 cm³/mol. The molecule has 0 saturated heterocycles. The van der Waals surface area contributed by atoms with E-state index in [1.807, 2.05) is 19.9 Å². The van der Waals surface area contributed by atoms with Crippen molar-refractivity contribution in [2.45, 2.75) is 27.2 Å². The van der Waals surface area contributed by atoms with Crippen LogP contribution in [0.5, 0.6) is 0 Å². The second-order valence-corrected chi connectivity index (χ2v) is 7.47. The number of nitrogens with one attached hydrogen (secondary N) is 1. The Morgan fingerprint density at radius 2 is 1.84 bits per heavy atom. The van der Waals surface area contributed by atoms with E-state index in [1.54, 1.807) is 49.5 Å². The van der Waals surface area contributed by atoms with E-state index in [-0.39, 0.29) is 23.2 Å². The number of pyridine rings is 1. The standard InChI is InChI=1S/C23H24N4O4/c1-15(2)12-22(29)26-18-9-7-17(8-10-18)20(28)14-31-23(30)19-13-25-27(16(19)3)21-6-4-5-11-24-21/h4-11,13,15H,12,14H2,1-3H3,(H,26,29). The number of ketones is 1. The lowest BCUT2D eigenvalue weighted by Crippen LogP contribution is -2.16. The number of benzene rings is 1. The molecule has 0 unspecified atom stereocenters. The van der Waals surface area contributed by atoms with E-state index in [4.69, 9.17) is 4.74 Å². The summed E-state index contributed by atoms with van der Waals surface area (Å²) in [4.78, 5) is 40.8. The van der Waals surface area contributed by atoms with E-state index < -0.39 is 12.6 Å². The van der Waals surface area contributed by atoms with Gasteiger partial charge in [-0.2, -0.15) is 5.10 Å². The van der Waals surface area contributed by atoms with Crippen molar-refractivity contribution in [3.05, 3.63) is 71.7 Å². The minimum atomic E-state index is -0.634. The Bertz CT molecular complexity index is 1070. The van der Waals surface area contributed by atoms with Crippen molar-refractivity contribution in [1.82, 2.24) is 14.8 Å². The number of esters is 1. The lowest BCUT2D eigenvalue weighted by molar-refractivity contribution is -0.116. The van der Waals surface area contributed by atoms with E-state index in [0.29, 0.717) is 29.2 Å². The number of rotatable bonds is 8. The van der Waals surface area contributed by atoms with Gasteiger partial charge >= 0.3 is 5.97 Å². The number of nitrogens with zero attached hydrogens (tertiary/aromatic N) is 3. The Hall–Kier alpha value is -3.81. The second kappa shape index (κ2) is 9.80. The lowest BCUT2D eigenvalue weighted by atomic mass is 10.1. The fraction of sp³-hybridized carbons (Fsp3) is 0.261. The first-order valence-electron chi connectivity index (χ1n) is 9.91. The molecule has 0 fully saturated rings. The molecule has 8 nitrogen and oxygen atoms in total. The Labute approximate surface area is 180 Å². The molecule has 1 N–H and O–H groups in total. The van der Waals surface area contributed by atoms with Crippen molar-refractivity contribution in [3.8, 4) is 5.82 Å². The van der Waals surface area contributed by atoms with Crippen molar-refractivity contribution < 1.29 is 19.1 Å². The summed E-state index contributed by atoms with van der Waals surface area (Å²) in [5, 5.41) is 6.96. The Morgan fingerprint density at radius 1 is 1.10 bits per heavy atom. The van der Waals surface area contributed by atoms with Crippen LogP contribution in [0.4, 0.5) is 5.69 Å². The van der Waals surface area contributed by atoms with E-state index in [1.165, 1.54) is 10.9 Å². The molecule has 1 amide bonds. The molecule has 1 aromatic carbocycles. The van der Waals surface area contributed by atoms with Crippen molar-refractivity contribution in [3.63, 3.8) is 0 Å². The summed E-state index contributed by atoms with van der Waals surface area (Å²) >= 11 is 0. The zero-order valence-electron chi connectivity index (χ0n) is 17.7. The van der Waals surface area contributed by atoms with Gasteiger partial charge in [-0.05, 0) is 49.2 Å². The molecule has 0 aliphatic heterocycles. The number of hydrogen-bond acceptors (Lipinski definition) is 6. The fourth-order valence-electron chi connectivity index (χ4n) is 2.93. The number of Topliss-reactive ketones (excluding diaryl/α,β-unsaturated/α-hetero) is 1. The van der Waals surface area contributed by atoms with Gasteiger partial charge in [0.15, 0.2) is 18.2 Å². The molecule has 0 aliphatic carbocycles. The van der Waals surface area contributed by atoms with Gasteiger partial charge in [0.1, 0.15) is 5.56 Å². The third-order valence-electron chi connectivity index (χ3n) is 4.51. The van der Waals surface area contributed by atoms with Crippen LogP contribution in [0, 0.1) is 12.8 Å². The summed E-state index contributed by atoms with van der Waals surface area (Å²) in [7, 11) is 0. The summed E-state index contributed by atoms with van der Waals surface area (Å²) in [6.07, 6.45) is 3.45. The number of carbonyl (C=O) groups is 3. The molecule has 0 aliphatic rings. The number of aromatic nitrogens is 3. The summed E-state index contributed by atoms with van der Waals surface area (Å²) in [5.41, 5.74) is 1.83. The van der Waals surface area contributed by atoms with Crippen molar-refractivity contribution in [2.75, 3.05) is 11.9 Å². The minimum Gasteiger partial charge on any atom is -0.454 e. The van der Waals surface area contributed by atoms with Crippen LogP contribution in [0.25, 0.3) is 5.82 Å². The molecule has 2 heterocycles. The second-order valence-electron chi connectivity index (χ2n) is 7.47. The smallest absolute Gasteiger partial charge is 0.342 e. The van der Waals surface area contributed by atoms with Gasteiger partial charge in [-0.3, -0.25) is 9.59 Å². The number of carbonyl (C=O) groups excluding carboxylic acids is 3. The normalized spacial score (nSPS) is 10.7. The molecule has 3 rings (SSSR count). The van der Waals surface area contributed by atoms with Gasteiger partial charge in [0.2, 0.25) is 5.91 Å². The van der Waals surface area contributed by atoms with Crippen LogP contribution >= 0.6 is 0 Å². The van der Waals surface area contributed by atoms with Gasteiger partial charge in [0.05, 0.1) is 11.9 Å². The third kappa shape index (κ3) is 5.63. The van der Waals surface area contributed by atoms with Crippen LogP contribution in [0.15, 0.2) is 54.9 Å². The minimum absolute atomic E-state index is 0.0791. The Kier molecular flexibility index (Phi) is 6.92. The average Bonchev–Trinajstić information content (AvgIpc) is 3.13. The van der Waals surface area contributed by atoms with Crippen LogP contribution in [-0.2, 0) is 9.53 Å². The molecule has 160 valence electrons. The molecule has 0 saturated carbocycles. The van der Waals surface area contributed by atoms with Gasteiger partial charge in [-0.15, -0.1) is 0 Å². The monoisotopic (exact) mass is 420 g/mol. The first-order valence-corrected chi connectivity index (χ1v) is 9.91. The molecule has 0 bridgehead atoms. The van der Waals surface area contributed by atoms with Crippen LogP contribution in [0.3, 0.4) is 0 Å². The number of amides is 1. The van der Waals surface area contributed by atoms with Crippen LogP contribution in [0.1, 0.15) is 46.7 Å². The molecular weight excluding hydrogens is 396 g/mol. The van der Waals surface area contributed by atoms with E-state index in [0.717, 1.165) is 0 Å². The summed E-state index contributed by atoms with van der Waals surface area (Å²) in [5.74, 6) is -0.218. The maximum atomic E-state index is 12.4. The molecule has 2 aromatic heterocycles. The zero-order chi connectivity index (χ0) is 22.4. The Morgan fingerprint density at radius 3 is 2.48 bits per heavy atom. The molecule has 8 heteroatoms. The zero-order valence-corrected chi connectivity index (χ0v) is 17.7. The van der Waals surface area contributed by atoms with Crippen molar-refractivity contribution in [1.29, 1.82) is 0 Å². The van der Waals surface area contributed by atoms with Gasteiger partial charge in [0, 0.05) is 23.9 Å². The number of ether oxygens (including phenoxy) is 1. The first kappa shape index (κ1) is 21.9. The molecular formula is C23H24N4O4. The molecule has 0 spiro atoms. The predicted octanol–water partition coefficient (Wildman–Crippen LogP) is 3.60. The van der Waals surface area contributed by atoms with Gasteiger partial charge in [0.25, 0.3) is 0 Å². The first-order chi connectivity index (χ1) is 14.8. The van der Waals surface area contributed by atoms with Gasteiger partial charge in [-0.1, -0.05) is 19.9 Å². The molecule has 31 heavy (non-hydrogen) atoms. The van der Waals surface area contributed by atoms with Crippen molar-refractivity contribution in [2.24, 2.45) is 5.92 Å². The highest BCUT2D eigenvalue weighted by Gasteiger charge is 2.18. The van der Waals surface area contributed by atoms with E-state index in [2.05, 4.69) is 15.4 Å². The number of anilines is 1. The van der Waals surface area contributed by atoms with Crippen LogP contribution < -0.4 is 5.32 Å². The maximum Gasteiger partial charge on any atom is 0.342 e. The highest BCUT2D eigenvalue weighted by atomic mass is 16.5. The highest BCUT2D eigenvalue weighted by molar-refractivity contribution is 6.00. The number of hydrogen-bond donors (Lipinski definition) is 1. The maximum absolute atomic E-state index is 12.4. The quantitative estimate of drug-likeness (QED) is 0.441. The van der Waals surface area contributed by atoms with E-state index >= 15 is 0 Å². The van der Waals surface area contributed by atoms with Gasteiger partial charge < -0.3 is 10.1 Å². The highest BCUT2D eigenvalue weighted by Crippen LogP contribution is 2.15. The summed E-state index contributed by atoms with van der Waals surface area (Å²) in [6, 6.07) is 11.9. The van der Waals surface area contributed by atoms with Crippen LogP contribution in [0.2, 0.25) is 0 Å². The topological polar surface area (TPSA) is 103 Å². The van der Waals surface area contributed by atoms with Gasteiger partial charge in [-0.25, -0.2) is 14.5 Å². The Balaban J connectivity index is 1.58. The largest absolute Gasteiger partial charge is 0.454 e. The fourth-order valence-corrected chi connectivity index (χ4v) is 2.93. The van der Waals surface area contributed by atoms with Crippen LogP contribution in [-0.4, -0.2) is 39.0 Å². The molecule has 0 atom stereocenters. The van der Waals surface area contributed by atoms with Crippen molar-refractivity contribution >= 4 is 23.3 Å². The SMILES string of the molecule is Cc1c(C(=O)OCC(=O)c2ccc(NC(=O)CC(C)C)cc2)cnn1-c1ccccn1. The summed E-state index contributed by atoms with van der Waals surface area (Å²) < 4.78 is 6.71. The third-order valence-corrected chi connectivity index (χ3v) is 4.51.